The van der Waals surface area contributed by atoms with Gasteiger partial charge in [-0.2, -0.15) is 0 Å². The van der Waals surface area contributed by atoms with E-state index in [0.29, 0.717) is 63.9 Å². The number of hydrogen-bond acceptors (Lipinski definition) is 6. The maximum Gasteiger partial charge on any atom is 0.324 e. The summed E-state index contributed by atoms with van der Waals surface area (Å²) in [5.41, 5.74) is 3.36. The van der Waals surface area contributed by atoms with Crippen LogP contribution in [0.5, 0.6) is 11.5 Å². The van der Waals surface area contributed by atoms with Crippen LogP contribution in [0.3, 0.4) is 0 Å². The van der Waals surface area contributed by atoms with Crippen molar-refractivity contribution >= 4 is 34.6 Å². The van der Waals surface area contributed by atoms with Crippen LogP contribution in [0.15, 0.2) is 42.7 Å². The Hall–Kier alpha value is -4.28. The Labute approximate surface area is 252 Å². The Morgan fingerprint density at radius 2 is 1.74 bits per heavy atom. The number of amides is 4. The highest BCUT2D eigenvalue weighted by Gasteiger charge is 2.29. The van der Waals surface area contributed by atoms with Crippen molar-refractivity contribution < 1.29 is 23.9 Å². The minimum Gasteiger partial charge on any atom is -0.493 e. The second-order valence-electron chi connectivity index (χ2n) is 11.1. The SMILES string of the molecule is CCCCCOc1cc(N2CCCN(Cc3cccc4c3ncn4CC(=O)N3CCN(C(C)=O)CC3)C2=O)ccc1OC. The number of para-hydroxylation sites is 1. The van der Waals surface area contributed by atoms with E-state index in [1.165, 1.54) is 0 Å². The third-order valence-electron chi connectivity index (χ3n) is 8.25. The number of piperazine rings is 1. The average molecular weight is 591 g/mol. The van der Waals surface area contributed by atoms with Gasteiger partial charge in [-0.05, 0) is 36.6 Å². The van der Waals surface area contributed by atoms with Gasteiger partial charge in [0.2, 0.25) is 11.8 Å². The van der Waals surface area contributed by atoms with Crippen LogP contribution >= 0.6 is 0 Å². The summed E-state index contributed by atoms with van der Waals surface area (Å²) in [7, 11) is 1.62. The molecule has 11 nitrogen and oxygen atoms in total. The van der Waals surface area contributed by atoms with Crippen molar-refractivity contribution in [2.45, 2.75) is 52.6 Å². The first kappa shape index (κ1) is 30.2. The highest BCUT2D eigenvalue weighted by atomic mass is 16.5. The quantitative estimate of drug-likeness (QED) is 0.311. The van der Waals surface area contributed by atoms with Gasteiger partial charge in [0.1, 0.15) is 6.54 Å². The van der Waals surface area contributed by atoms with Gasteiger partial charge in [0.05, 0.1) is 31.1 Å². The Bertz CT molecular complexity index is 1450. The summed E-state index contributed by atoms with van der Waals surface area (Å²) in [6.45, 7) is 8.36. The molecule has 2 saturated heterocycles. The summed E-state index contributed by atoms with van der Waals surface area (Å²) >= 11 is 0. The number of unbranched alkanes of at least 4 members (excludes halogenated alkanes) is 2. The summed E-state index contributed by atoms with van der Waals surface area (Å²) in [5.74, 6) is 1.34. The minimum absolute atomic E-state index is 0.00274. The van der Waals surface area contributed by atoms with E-state index in [-0.39, 0.29) is 24.4 Å². The van der Waals surface area contributed by atoms with Gasteiger partial charge in [0.15, 0.2) is 11.5 Å². The number of nitrogens with zero attached hydrogens (tertiary/aromatic N) is 6. The second-order valence-corrected chi connectivity index (χ2v) is 11.1. The molecule has 3 aromatic rings. The number of rotatable bonds is 11. The molecular weight excluding hydrogens is 548 g/mol. The number of benzene rings is 2. The van der Waals surface area contributed by atoms with Crippen molar-refractivity contribution in [2.75, 3.05) is 57.9 Å². The van der Waals surface area contributed by atoms with E-state index in [4.69, 9.17) is 9.47 Å². The number of ether oxygens (including phenoxy) is 2. The van der Waals surface area contributed by atoms with E-state index in [0.717, 1.165) is 48.0 Å². The zero-order valence-electron chi connectivity index (χ0n) is 25.5. The molecule has 11 heteroatoms. The van der Waals surface area contributed by atoms with Gasteiger partial charge in [-0.15, -0.1) is 0 Å². The fourth-order valence-corrected chi connectivity index (χ4v) is 5.77. The van der Waals surface area contributed by atoms with Gasteiger partial charge in [0.25, 0.3) is 0 Å². The topological polar surface area (TPSA) is 100 Å². The minimum atomic E-state index is -0.0651. The Morgan fingerprint density at radius 3 is 2.49 bits per heavy atom. The zero-order valence-corrected chi connectivity index (χ0v) is 25.5. The monoisotopic (exact) mass is 590 g/mol. The predicted octanol–water partition coefficient (Wildman–Crippen LogP) is 4.14. The van der Waals surface area contributed by atoms with E-state index in [1.54, 1.807) is 35.1 Å². The molecule has 3 heterocycles. The highest BCUT2D eigenvalue weighted by Crippen LogP contribution is 2.33. The Kier molecular flexibility index (Phi) is 9.68. The average Bonchev–Trinajstić information content (AvgIpc) is 3.43. The number of urea groups is 1. The van der Waals surface area contributed by atoms with Crippen LogP contribution in [-0.2, 0) is 22.7 Å². The Balaban J connectivity index is 1.27. The normalized spacial score (nSPS) is 15.7. The lowest BCUT2D eigenvalue weighted by atomic mass is 10.1. The molecule has 0 atom stereocenters. The lowest BCUT2D eigenvalue weighted by molar-refractivity contribution is -0.138. The van der Waals surface area contributed by atoms with Crippen molar-refractivity contribution in [3.05, 3.63) is 48.3 Å². The number of anilines is 1. The van der Waals surface area contributed by atoms with E-state index in [2.05, 4.69) is 11.9 Å². The number of carbonyl (C=O) groups excluding carboxylic acids is 3. The van der Waals surface area contributed by atoms with Crippen LogP contribution in [0.2, 0.25) is 0 Å². The first-order chi connectivity index (χ1) is 20.9. The zero-order chi connectivity index (χ0) is 30.3. The number of aromatic nitrogens is 2. The molecule has 0 radical (unpaired) electrons. The number of fused-ring (bicyclic) bond motifs is 1. The summed E-state index contributed by atoms with van der Waals surface area (Å²) in [4.78, 5) is 50.2. The summed E-state index contributed by atoms with van der Waals surface area (Å²) in [5, 5.41) is 0. The van der Waals surface area contributed by atoms with Crippen LogP contribution in [0.4, 0.5) is 10.5 Å². The molecule has 2 fully saturated rings. The molecule has 0 N–H and O–H groups in total. The molecule has 0 bridgehead atoms. The first-order valence-corrected chi connectivity index (χ1v) is 15.2. The lowest BCUT2D eigenvalue weighted by Crippen LogP contribution is -2.50. The summed E-state index contributed by atoms with van der Waals surface area (Å²) in [6, 6.07) is 11.5. The van der Waals surface area contributed by atoms with Crippen molar-refractivity contribution in [3.8, 4) is 11.5 Å². The molecular formula is C32H42N6O5. The molecule has 4 amide bonds. The van der Waals surface area contributed by atoms with Gasteiger partial charge in [-0.1, -0.05) is 31.9 Å². The van der Waals surface area contributed by atoms with Gasteiger partial charge in [0, 0.05) is 64.5 Å². The molecule has 230 valence electrons. The third kappa shape index (κ3) is 6.87. The molecule has 2 aliphatic rings. The van der Waals surface area contributed by atoms with Crippen LogP contribution < -0.4 is 14.4 Å². The van der Waals surface area contributed by atoms with Crippen molar-refractivity contribution in [1.82, 2.24) is 24.3 Å². The molecule has 2 aromatic carbocycles. The van der Waals surface area contributed by atoms with Gasteiger partial charge >= 0.3 is 6.03 Å². The molecule has 2 aliphatic heterocycles. The van der Waals surface area contributed by atoms with E-state index < -0.39 is 0 Å². The second kappa shape index (κ2) is 13.8. The maximum atomic E-state index is 13.7. The number of carbonyl (C=O) groups is 3. The van der Waals surface area contributed by atoms with Gasteiger partial charge < -0.3 is 28.7 Å². The molecule has 0 saturated carbocycles. The van der Waals surface area contributed by atoms with Crippen LogP contribution in [0, 0.1) is 0 Å². The molecule has 5 rings (SSSR count). The smallest absolute Gasteiger partial charge is 0.324 e. The van der Waals surface area contributed by atoms with Crippen molar-refractivity contribution in [3.63, 3.8) is 0 Å². The largest absolute Gasteiger partial charge is 0.493 e. The van der Waals surface area contributed by atoms with E-state index >= 15 is 0 Å². The standard InChI is InChI=1S/C32H42N6O5/c1-4-5-6-19-43-29-20-26(11-12-28(29)42-3)38-14-8-13-36(32(38)41)21-25-9-7-10-27-31(25)33-23-37(27)22-30(40)35-17-15-34(16-18-35)24(2)39/h7,9-12,20,23H,4-6,8,13-19,21-22H2,1-3H3. The van der Waals surface area contributed by atoms with Crippen molar-refractivity contribution in [2.24, 2.45) is 0 Å². The fraction of sp³-hybridized carbons (Fsp3) is 0.500. The third-order valence-corrected chi connectivity index (χ3v) is 8.25. The first-order valence-electron chi connectivity index (χ1n) is 15.2. The molecule has 0 unspecified atom stereocenters. The highest BCUT2D eigenvalue weighted by molar-refractivity contribution is 5.93. The van der Waals surface area contributed by atoms with E-state index in [9.17, 15) is 14.4 Å². The van der Waals surface area contributed by atoms with Crippen LogP contribution in [0.25, 0.3) is 11.0 Å². The molecule has 0 aliphatic carbocycles. The van der Waals surface area contributed by atoms with Crippen LogP contribution in [0.1, 0.15) is 45.1 Å². The van der Waals surface area contributed by atoms with Gasteiger partial charge in [-0.3, -0.25) is 14.5 Å². The Morgan fingerprint density at radius 1 is 0.953 bits per heavy atom. The van der Waals surface area contributed by atoms with Crippen LogP contribution in [-0.4, -0.2) is 95.1 Å². The summed E-state index contributed by atoms with van der Waals surface area (Å²) < 4.78 is 13.4. The molecule has 0 spiro atoms. The predicted molar refractivity (Wildman–Crippen MR) is 164 cm³/mol. The summed E-state index contributed by atoms with van der Waals surface area (Å²) in [6.07, 6.45) is 5.71. The van der Waals surface area contributed by atoms with E-state index in [1.807, 2.05) is 45.9 Å². The van der Waals surface area contributed by atoms with Gasteiger partial charge in [-0.25, -0.2) is 9.78 Å². The maximum absolute atomic E-state index is 13.7. The molecule has 1 aromatic heterocycles. The number of hydrogen-bond donors (Lipinski definition) is 0. The molecule has 43 heavy (non-hydrogen) atoms. The lowest BCUT2D eigenvalue weighted by Gasteiger charge is -2.36. The van der Waals surface area contributed by atoms with Crippen molar-refractivity contribution in [1.29, 1.82) is 0 Å². The fourth-order valence-electron chi connectivity index (χ4n) is 5.77. The number of methoxy groups -OCH3 is 1. The number of imidazole rings is 1.